The van der Waals surface area contributed by atoms with Gasteiger partial charge in [-0.3, -0.25) is 4.79 Å². The first kappa shape index (κ1) is 17.2. The zero-order chi connectivity index (χ0) is 15.9. The van der Waals surface area contributed by atoms with Gasteiger partial charge in [-0.2, -0.15) is 0 Å². The van der Waals surface area contributed by atoms with Crippen LogP contribution in [0.2, 0.25) is 0 Å². The lowest BCUT2D eigenvalue weighted by Gasteiger charge is -2.31. The first-order valence-corrected chi connectivity index (χ1v) is 8.30. The van der Waals surface area contributed by atoms with E-state index in [2.05, 4.69) is 0 Å². The predicted octanol–water partition coefficient (Wildman–Crippen LogP) is 2.46. The zero-order valence-electron chi connectivity index (χ0n) is 12.6. The van der Waals surface area contributed by atoms with Gasteiger partial charge in [0.2, 0.25) is 5.12 Å². The van der Waals surface area contributed by atoms with E-state index in [1.54, 1.807) is 6.08 Å². The van der Waals surface area contributed by atoms with Crippen molar-refractivity contribution in [1.82, 2.24) is 0 Å². The lowest BCUT2D eigenvalue weighted by molar-refractivity contribution is -0.125. The molecule has 3 atom stereocenters. The van der Waals surface area contributed by atoms with Crippen molar-refractivity contribution in [3.05, 3.63) is 42.0 Å². The van der Waals surface area contributed by atoms with Crippen LogP contribution in [0.25, 0.3) is 0 Å². The van der Waals surface area contributed by atoms with Gasteiger partial charge in [-0.1, -0.05) is 23.8 Å². The molecular weight excluding hydrogens is 300 g/mol. The van der Waals surface area contributed by atoms with Gasteiger partial charge in [0.15, 0.2) is 0 Å². The van der Waals surface area contributed by atoms with Crippen LogP contribution in [0.15, 0.2) is 41.3 Å². The van der Waals surface area contributed by atoms with Crippen LogP contribution in [-0.2, 0) is 9.53 Å². The van der Waals surface area contributed by atoms with Crippen molar-refractivity contribution in [1.29, 1.82) is 0 Å². The molecule has 2 rings (SSSR count). The van der Waals surface area contributed by atoms with Gasteiger partial charge in [-0.25, -0.2) is 0 Å². The monoisotopic (exact) mass is 322 g/mol. The second-order valence-corrected chi connectivity index (χ2v) is 6.56. The Kier molecular flexibility index (Phi) is 6.64. The molecule has 0 aromatic heterocycles. The van der Waals surface area contributed by atoms with E-state index >= 15 is 0 Å². The van der Waals surface area contributed by atoms with Crippen LogP contribution in [0, 0.1) is 6.92 Å². The van der Waals surface area contributed by atoms with Crippen LogP contribution in [0.4, 0.5) is 0 Å². The van der Waals surface area contributed by atoms with Crippen molar-refractivity contribution in [2.75, 3.05) is 6.61 Å². The van der Waals surface area contributed by atoms with E-state index in [1.807, 2.05) is 31.2 Å². The number of rotatable bonds is 5. The van der Waals surface area contributed by atoms with Gasteiger partial charge in [0.25, 0.3) is 0 Å². The third kappa shape index (κ3) is 5.25. The molecule has 1 fully saturated rings. The molecule has 0 unspecified atom stereocenters. The fraction of sp³-hybridized carbons (Fsp3) is 0.471. The average molecular weight is 322 g/mol. The summed E-state index contributed by atoms with van der Waals surface area (Å²) in [6.45, 7) is 2.56. The highest BCUT2D eigenvalue weighted by Gasteiger charge is 2.29. The Morgan fingerprint density at radius 1 is 1.45 bits per heavy atom. The molecule has 0 radical (unpaired) electrons. The molecule has 1 saturated heterocycles. The molecule has 1 aromatic carbocycles. The van der Waals surface area contributed by atoms with Crippen molar-refractivity contribution in [2.24, 2.45) is 0 Å². The fourth-order valence-electron chi connectivity index (χ4n) is 2.35. The largest absolute Gasteiger partial charge is 0.390 e. The SMILES string of the molecule is Cc1ccc(SC(=O)/C=C/C[C@H](O)[C@H]2OCCC[C@@H]2O)cc1. The maximum Gasteiger partial charge on any atom is 0.216 e. The first-order chi connectivity index (χ1) is 10.6. The molecular formula is C17H22O4S. The summed E-state index contributed by atoms with van der Waals surface area (Å²) in [6.07, 6.45) is 2.88. The van der Waals surface area contributed by atoms with Gasteiger partial charge in [0, 0.05) is 11.5 Å². The third-order valence-corrected chi connectivity index (χ3v) is 4.43. The van der Waals surface area contributed by atoms with Crippen LogP contribution >= 0.6 is 11.8 Å². The van der Waals surface area contributed by atoms with E-state index in [-0.39, 0.29) is 5.12 Å². The van der Waals surface area contributed by atoms with Crippen LogP contribution in [0.1, 0.15) is 24.8 Å². The molecule has 1 aliphatic rings. The van der Waals surface area contributed by atoms with Crippen molar-refractivity contribution < 1.29 is 19.7 Å². The maximum absolute atomic E-state index is 11.8. The van der Waals surface area contributed by atoms with Crippen LogP contribution in [-0.4, -0.2) is 40.2 Å². The minimum absolute atomic E-state index is 0.0823. The summed E-state index contributed by atoms with van der Waals surface area (Å²) in [5, 5.41) is 19.7. The number of aryl methyl sites for hydroxylation is 1. The standard InChI is InChI=1S/C17H22O4S/c1-12-7-9-13(10-8-12)22-16(20)6-2-4-14(18)17-15(19)5-3-11-21-17/h2,6-10,14-15,17-19H,3-5,11H2,1H3/b6-2+/t14-,15-,17+/m0/s1. The number of hydrogen-bond acceptors (Lipinski definition) is 5. The van der Waals surface area contributed by atoms with E-state index in [0.717, 1.165) is 28.6 Å². The van der Waals surface area contributed by atoms with E-state index in [1.165, 1.54) is 6.08 Å². The lowest BCUT2D eigenvalue weighted by Crippen LogP contribution is -2.42. The first-order valence-electron chi connectivity index (χ1n) is 7.49. The van der Waals surface area contributed by atoms with Gasteiger partial charge in [-0.05, 0) is 56.2 Å². The van der Waals surface area contributed by atoms with Gasteiger partial charge in [0.1, 0.15) is 6.10 Å². The summed E-state index contributed by atoms with van der Waals surface area (Å²) in [5.74, 6) is 0. The second kappa shape index (κ2) is 8.48. The van der Waals surface area contributed by atoms with Crippen molar-refractivity contribution in [2.45, 2.75) is 49.4 Å². The topological polar surface area (TPSA) is 66.8 Å². The number of hydrogen-bond donors (Lipinski definition) is 2. The summed E-state index contributed by atoms with van der Waals surface area (Å²) < 4.78 is 5.39. The van der Waals surface area contributed by atoms with E-state index in [4.69, 9.17) is 4.74 Å². The molecule has 0 saturated carbocycles. The number of aliphatic hydroxyl groups excluding tert-OH is 2. The molecule has 0 amide bonds. The highest BCUT2D eigenvalue weighted by atomic mass is 32.2. The molecule has 120 valence electrons. The molecule has 0 aliphatic carbocycles. The Bertz CT molecular complexity index is 512. The number of thioether (sulfide) groups is 1. The number of ether oxygens (including phenoxy) is 1. The zero-order valence-corrected chi connectivity index (χ0v) is 13.5. The third-order valence-electron chi connectivity index (χ3n) is 3.58. The Balaban J connectivity index is 1.78. The normalized spacial score (nSPS) is 23.6. The van der Waals surface area contributed by atoms with Crippen LogP contribution < -0.4 is 0 Å². The van der Waals surface area contributed by atoms with Crippen molar-refractivity contribution >= 4 is 16.9 Å². The molecule has 22 heavy (non-hydrogen) atoms. The Morgan fingerprint density at radius 2 is 2.18 bits per heavy atom. The maximum atomic E-state index is 11.8. The fourth-order valence-corrected chi connectivity index (χ4v) is 3.02. The number of aliphatic hydroxyl groups is 2. The molecule has 0 bridgehead atoms. The quantitative estimate of drug-likeness (QED) is 0.644. The van der Waals surface area contributed by atoms with E-state index in [0.29, 0.717) is 19.4 Å². The Morgan fingerprint density at radius 3 is 2.86 bits per heavy atom. The Labute approximate surface area is 135 Å². The van der Waals surface area contributed by atoms with E-state index in [9.17, 15) is 15.0 Å². The molecule has 1 aliphatic heterocycles. The Hall–Kier alpha value is -1.14. The lowest BCUT2D eigenvalue weighted by atomic mass is 9.99. The minimum Gasteiger partial charge on any atom is -0.390 e. The van der Waals surface area contributed by atoms with Crippen LogP contribution in [0.3, 0.4) is 0 Å². The average Bonchev–Trinajstić information content (AvgIpc) is 2.50. The summed E-state index contributed by atoms with van der Waals surface area (Å²) >= 11 is 1.15. The summed E-state index contributed by atoms with van der Waals surface area (Å²) in [7, 11) is 0. The van der Waals surface area contributed by atoms with Gasteiger partial charge in [-0.15, -0.1) is 0 Å². The van der Waals surface area contributed by atoms with E-state index < -0.39 is 18.3 Å². The van der Waals surface area contributed by atoms with Crippen molar-refractivity contribution in [3.63, 3.8) is 0 Å². The van der Waals surface area contributed by atoms with Gasteiger partial charge in [0.05, 0.1) is 12.2 Å². The minimum atomic E-state index is -0.788. The second-order valence-electron chi connectivity index (χ2n) is 5.48. The molecule has 4 nitrogen and oxygen atoms in total. The van der Waals surface area contributed by atoms with Gasteiger partial charge < -0.3 is 14.9 Å². The summed E-state index contributed by atoms with van der Waals surface area (Å²) in [6, 6.07) is 7.75. The summed E-state index contributed by atoms with van der Waals surface area (Å²) in [4.78, 5) is 12.7. The molecule has 1 aromatic rings. The molecule has 1 heterocycles. The number of benzene rings is 1. The number of carbonyl (C=O) groups excluding carboxylic acids is 1. The molecule has 5 heteroatoms. The summed E-state index contributed by atoms with van der Waals surface area (Å²) in [5.41, 5.74) is 1.15. The number of carbonyl (C=O) groups is 1. The highest BCUT2D eigenvalue weighted by molar-refractivity contribution is 8.14. The smallest absolute Gasteiger partial charge is 0.216 e. The van der Waals surface area contributed by atoms with Crippen LogP contribution in [0.5, 0.6) is 0 Å². The highest BCUT2D eigenvalue weighted by Crippen LogP contribution is 2.21. The predicted molar refractivity (Wildman–Crippen MR) is 86.8 cm³/mol. The van der Waals surface area contributed by atoms with Crippen molar-refractivity contribution in [3.8, 4) is 0 Å². The van der Waals surface area contributed by atoms with Gasteiger partial charge >= 0.3 is 0 Å². The molecule has 2 N–H and O–H groups in total. The molecule has 0 spiro atoms.